The van der Waals surface area contributed by atoms with Gasteiger partial charge in [0.1, 0.15) is 18.3 Å². The van der Waals surface area contributed by atoms with Crippen molar-refractivity contribution in [3.05, 3.63) is 35.2 Å². The molecule has 0 unspecified atom stereocenters. The summed E-state index contributed by atoms with van der Waals surface area (Å²) in [6.07, 6.45) is -3.24. The molecule has 24 heavy (non-hydrogen) atoms. The highest BCUT2D eigenvalue weighted by Gasteiger charge is 2.22. The molecule has 3 atom stereocenters. The van der Waals surface area contributed by atoms with Gasteiger partial charge in [0.15, 0.2) is 0 Å². The minimum Gasteiger partial charge on any atom is -0.394 e. The molecule has 0 fully saturated rings. The zero-order valence-corrected chi connectivity index (χ0v) is 14.3. The fraction of sp³-hybridized carbons (Fsp3) is 0.375. The minimum absolute atomic E-state index is 0.617. The number of hydrogen-bond donors (Lipinski definition) is 4. The Morgan fingerprint density at radius 1 is 1.25 bits per heavy atom. The van der Waals surface area contributed by atoms with E-state index in [-0.39, 0.29) is 0 Å². The number of nitrogens with zero attached hydrogens (tertiary/aromatic N) is 3. The van der Waals surface area contributed by atoms with Crippen LogP contribution in [0.5, 0.6) is 0 Å². The quantitative estimate of drug-likeness (QED) is 0.430. The van der Waals surface area contributed by atoms with Gasteiger partial charge in [-0.25, -0.2) is 9.99 Å². The first-order chi connectivity index (χ1) is 11.4. The van der Waals surface area contributed by atoms with Crippen LogP contribution in [0.4, 0.5) is 5.13 Å². The molecule has 0 bridgehead atoms. The van der Waals surface area contributed by atoms with Gasteiger partial charge in [0, 0.05) is 18.0 Å². The largest absolute Gasteiger partial charge is 0.394 e. The molecule has 0 aliphatic carbocycles. The molecule has 0 spiro atoms. The van der Waals surface area contributed by atoms with Crippen molar-refractivity contribution in [2.24, 2.45) is 5.10 Å². The van der Waals surface area contributed by atoms with Crippen LogP contribution in [-0.4, -0.2) is 63.6 Å². The van der Waals surface area contributed by atoms with Crippen molar-refractivity contribution in [3.63, 3.8) is 0 Å². The van der Waals surface area contributed by atoms with Crippen LogP contribution in [0.2, 0.25) is 0 Å². The highest BCUT2D eigenvalue weighted by molar-refractivity contribution is 7.14. The Morgan fingerprint density at radius 3 is 2.54 bits per heavy atom. The van der Waals surface area contributed by atoms with Crippen molar-refractivity contribution in [3.8, 4) is 11.3 Å². The second kappa shape index (κ2) is 8.32. The fourth-order valence-corrected chi connectivity index (χ4v) is 2.67. The van der Waals surface area contributed by atoms with Crippen molar-refractivity contribution in [2.75, 3.05) is 18.7 Å². The molecular weight excluding hydrogens is 330 g/mol. The van der Waals surface area contributed by atoms with E-state index < -0.39 is 24.9 Å². The topological polar surface area (TPSA) is 109 Å². The molecule has 4 N–H and O–H groups in total. The minimum atomic E-state index is -1.51. The monoisotopic (exact) mass is 351 g/mol. The summed E-state index contributed by atoms with van der Waals surface area (Å²) in [5.41, 5.74) is 3.00. The van der Waals surface area contributed by atoms with Gasteiger partial charge in [-0.05, 0) is 6.92 Å². The standard InChI is InChI=1S/C16H21N3O4S/c1-10-3-5-11(6-4-10)12-9-24-16(18-12)19(2)17-7-13(21)15(23)14(22)8-20/h3-7,9,13-15,20-23H,8H2,1-2H3/b17-7+/t13-,14+,15+/m0/s1. The van der Waals surface area contributed by atoms with Crippen LogP contribution in [0.25, 0.3) is 11.3 Å². The average molecular weight is 351 g/mol. The van der Waals surface area contributed by atoms with Gasteiger partial charge in [-0.3, -0.25) is 0 Å². The van der Waals surface area contributed by atoms with Crippen LogP contribution in [0, 0.1) is 6.92 Å². The summed E-state index contributed by atoms with van der Waals surface area (Å²) in [6, 6.07) is 8.02. The van der Waals surface area contributed by atoms with E-state index >= 15 is 0 Å². The highest BCUT2D eigenvalue weighted by atomic mass is 32.1. The van der Waals surface area contributed by atoms with Crippen molar-refractivity contribution >= 4 is 22.7 Å². The van der Waals surface area contributed by atoms with Crippen molar-refractivity contribution in [2.45, 2.75) is 25.2 Å². The summed E-state index contributed by atoms with van der Waals surface area (Å²) in [5, 5.41) is 45.3. The number of aliphatic hydroxyl groups is 4. The van der Waals surface area contributed by atoms with Crippen LogP contribution >= 0.6 is 11.3 Å². The Hall–Kier alpha value is -1.84. The van der Waals surface area contributed by atoms with E-state index in [1.54, 1.807) is 7.05 Å². The van der Waals surface area contributed by atoms with Gasteiger partial charge in [0.05, 0.1) is 18.5 Å². The van der Waals surface area contributed by atoms with Crippen LogP contribution in [0.15, 0.2) is 34.7 Å². The molecule has 2 rings (SSSR count). The Labute approximate surface area is 144 Å². The third kappa shape index (κ3) is 4.59. The molecule has 1 aromatic carbocycles. The number of anilines is 1. The normalized spacial score (nSPS) is 15.4. The number of hydrogen-bond acceptors (Lipinski definition) is 8. The van der Waals surface area contributed by atoms with Crippen LogP contribution < -0.4 is 5.01 Å². The molecule has 2 aromatic rings. The number of aryl methyl sites for hydroxylation is 1. The number of rotatable bonds is 7. The molecule has 0 saturated carbocycles. The van der Waals surface area contributed by atoms with E-state index in [0.717, 1.165) is 17.5 Å². The second-order valence-corrected chi connectivity index (χ2v) is 6.24. The van der Waals surface area contributed by atoms with Gasteiger partial charge in [0.2, 0.25) is 5.13 Å². The Kier molecular flexibility index (Phi) is 6.41. The number of benzene rings is 1. The zero-order valence-electron chi connectivity index (χ0n) is 13.4. The van der Waals surface area contributed by atoms with Crippen LogP contribution in [0.3, 0.4) is 0 Å². The lowest BCUT2D eigenvalue weighted by Gasteiger charge is -2.18. The van der Waals surface area contributed by atoms with Crippen molar-refractivity contribution in [1.29, 1.82) is 0 Å². The summed E-state index contributed by atoms with van der Waals surface area (Å²) in [7, 11) is 1.66. The molecular formula is C16H21N3O4S. The fourth-order valence-electron chi connectivity index (χ4n) is 1.91. The molecule has 0 radical (unpaired) electrons. The van der Waals surface area contributed by atoms with Gasteiger partial charge in [-0.1, -0.05) is 29.8 Å². The summed E-state index contributed by atoms with van der Waals surface area (Å²) in [5.74, 6) is 0. The maximum absolute atomic E-state index is 9.71. The van der Waals surface area contributed by atoms with E-state index in [1.807, 2.05) is 36.6 Å². The van der Waals surface area contributed by atoms with Crippen molar-refractivity contribution in [1.82, 2.24) is 4.98 Å². The van der Waals surface area contributed by atoms with E-state index in [9.17, 15) is 15.3 Å². The lowest BCUT2D eigenvalue weighted by molar-refractivity contribution is -0.0541. The SMILES string of the molecule is Cc1ccc(-c2csc(N(C)/N=C/[C@H](O)[C@@H](O)[C@H](O)CO)n2)cc1. The Balaban J connectivity index is 2.04. The van der Waals surface area contributed by atoms with Gasteiger partial charge >= 0.3 is 0 Å². The van der Waals surface area contributed by atoms with E-state index in [4.69, 9.17) is 5.11 Å². The molecule has 1 aromatic heterocycles. The first-order valence-electron chi connectivity index (χ1n) is 7.38. The zero-order chi connectivity index (χ0) is 17.7. The van der Waals surface area contributed by atoms with Gasteiger partial charge in [-0.15, -0.1) is 11.3 Å². The predicted octanol–water partition coefficient (Wildman–Crippen LogP) is 0.616. The number of aromatic nitrogens is 1. The molecule has 8 heteroatoms. The number of aliphatic hydroxyl groups excluding tert-OH is 4. The van der Waals surface area contributed by atoms with Gasteiger partial charge in [0.25, 0.3) is 0 Å². The van der Waals surface area contributed by atoms with Crippen LogP contribution in [-0.2, 0) is 0 Å². The first kappa shape index (κ1) is 18.5. The number of thiazole rings is 1. The molecule has 1 heterocycles. The lowest BCUT2D eigenvalue weighted by atomic mass is 10.1. The highest BCUT2D eigenvalue weighted by Crippen LogP contribution is 2.27. The molecule has 0 aliphatic heterocycles. The van der Waals surface area contributed by atoms with E-state index in [1.165, 1.54) is 21.9 Å². The third-order valence-corrected chi connectivity index (χ3v) is 4.35. The number of hydrazone groups is 1. The Bertz CT molecular complexity index is 674. The molecule has 7 nitrogen and oxygen atoms in total. The predicted molar refractivity (Wildman–Crippen MR) is 94.3 cm³/mol. The van der Waals surface area contributed by atoms with E-state index in [0.29, 0.717) is 5.13 Å². The first-order valence-corrected chi connectivity index (χ1v) is 8.25. The Morgan fingerprint density at radius 2 is 1.92 bits per heavy atom. The van der Waals surface area contributed by atoms with E-state index in [2.05, 4.69) is 10.1 Å². The van der Waals surface area contributed by atoms with Gasteiger partial charge in [-0.2, -0.15) is 5.10 Å². The maximum Gasteiger partial charge on any atom is 0.206 e. The lowest BCUT2D eigenvalue weighted by Crippen LogP contribution is -2.40. The smallest absolute Gasteiger partial charge is 0.206 e. The summed E-state index contributed by atoms with van der Waals surface area (Å²) in [4.78, 5) is 4.48. The summed E-state index contributed by atoms with van der Waals surface area (Å²) in [6.45, 7) is 1.38. The van der Waals surface area contributed by atoms with Crippen LogP contribution in [0.1, 0.15) is 5.56 Å². The van der Waals surface area contributed by atoms with Crippen molar-refractivity contribution < 1.29 is 20.4 Å². The average Bonchev–Trinajstić information content (AvgIpc) is 3.08. The molecule has 0 saturated heterocycles. The summed E-state index contributed by atoms with van der Waals surface area (Å²) < 4.78 is 0. The maximum atomic E-state index is 9.71. The molecule has 130 valence electrons. The molecule has 0 aliphatic rings. The second-order valence-electron chi connectivity index (χ2n) is 5.40. The third-order valence-electron chi connectivity index (χ3n) is 3.44. The van der Waals surface area contributed by atoms with Gasteiger partial charge < -0.3 is 20.4 Å². The summed E-state index contributed by atoms with van der Waals surface area (Å²) >= 11 is 1.40. The molecule has 0 amide bonds.